The van der Waals surface area contributed by atoms with Crippen molar-refractivity contribution in [3.05, 3.63) is 40.5 Å². The first-order valence-electron chi connectivity index (χ1n) is 4.64. The average Bonchev–Trinajstić information content (AvgIpc) is 2.79. The minimum atomic E-state index is -0.306. The molecule has 2 aromatic heterocycles. The van der Waals surface area contributed by atoms with Crippen molar-refractivity contribution >= 4 is 23.1 Å². The number of carbonyl (C=O) groups excluding carboxylic acids is 1. The summed E-state index contributed by atoms with van der Waals surface area (Å²) in [7, 11) is 0. The van der Waals surface area contributed by atoms with Crippen LogP contribution in [-0.4, -0.2) is 15.9 Å². The molecular weight excluding hydrogens is 224 g/mol. The molecule has 0 aromatic carbocycles. The molecule has 2 rings (SSSR count). The van der Waals surface area contributed by atoms with Gasteiger partial charge in [0.1, 0.15) is 0 Å². The number of hydrogen-bond acceptors (Lipinski definition) is 5. The largest absolute Gasteiger partial charge is 0.382 e. The van der Waals surface area contributed by atoms with Gasteiger partial charge in [-0.3, -0.25) is 4.79 Å². The van der Waals surface area contributed by atoms with E-state index in [0.29, 0.717) is 6.54 Å². The molecule has 0 atom stereocenters. The second kappa shape index (κ2) is 4.71. The molecule has 0 saturated carbocycles. The molecule has 0 spiro atoms. The molecule has 2 heterocycles. The molecule has 2 aromatic rings. The van der Waals surface area contributed by atoms with Crippen molar-refractivity contribution in [1.29, 1.82) is 0 Å². The van der Waals surface area contributed by atoms with Gasteiger partial charge in [-0.15, -0.1) is 11.3 Å². The van der Waals surface area contributed by atoms with Crippen molar-refractivity contribution < 1.29 is 4.79 Å². The summed E-state index contributed by atoms with van der Waals surface area (Å²) in [6.45, 7) is 0.479. The monoisotopic (exact) mass is 234 g/mol. The normalized spacial score (nSPS) is 10.0. The molecule has 0 aliphatic rings. The Morgan fingerprint density at radius 2 is 2.25 bits per heavy atom. The molecule has 0 unspecified atom stereocenters. The lowest BCUT2D eigenvalue weighted by atomic mass is 10.3. The van der Waals surface area contributed by atoms with E-state index in [9.17, 15) is 4.79 Å². The molecule has 16 heavy (non-hydrogen) atoms. The molecule has 0 radical (unpaired) electrons. The maximum Gasteiger partial charge on any atom is 0.274 e. The van der Waals surface area contributed by atoms with E-state index in [1.807, 2.05) is 17.5 Å². The van der Waals surface area contributed by atoms with Crippen molar-refractivity contribution in [3.63, 3.8) is 0 Å². The summed E-state index contributed by atoms with van der Waals surface area (Å²) in [6.07, 6.45) is 2.89. The number of aromatic nitrogens is 2. The zero-order chi connectivity index (χ0) is 11.4. The van der Waals surface area contributed by atoms with E-state index in [1.165, 1.54) is 12.4 Å². The van der Waals surface area contributed by atoms with Crippen LogP contribution in [-0.2, 0) is 6.54 Å². The molecule has 0 aliphatic carbocycles. The van der Waals surface area contributed by atoms with Gasteiger partial charge in [-0.25, -0.2) is 9.97 Å². The van der Waals surface area contributed by atoms with Crippen molar-refractivity contribution in [1.82, 2.24) is 15.3 Å². The second-order valence-electron chi connectivity index (χ2n) is 3.05. The molecule has 0 saturated heterocycles. The number of rotatable bonds is 3. The topological polar surface area (TPSA) is 80.9 Å². The van der Waals surface area contributed by atoms with Gasteiger partial charge in [0.15, 0.2) is 11.5 Å². The number of carbonyl (C=O) groups is 1. The summed E-state index contributed by atoms with van der Waals surface area (Å²) in [5.41, 5.74) is 5.70. The second-order valence-corrected chi connectivity index (χ2v) is 4.08. The fourth-order valence-corrected chi connectivity index (χ4v) is 1.83. The molecule has 3 N–H and O–H groups in total. The number of anilines is 1. The number of nitrogen functional groups attached to an aromatic ring is 1. The fraction of sp³-hybridized carbons (Fsp3) is 0.100. The Hall–Kier alpha value is -1.95. The third-order valence-electron chi connectivity index (χ3n) is 1.94. The highest BCUT2D eigenvalue weighted by Gasteiger charge is 2.11. The van der Waals surface area contributed by atoms with E-state index < -0.39 is 0 Å². The number of nitrogens with one attached hydrogen (secondary N) is 1. The van der Waals surface area contributed by atoms with Crippen LogP contribution >= 0.6 is 11.3 Å². The van der Waals surface area contributed by atoms with Gasteiger partial charge < -0.3 is 11.1 Å². The van der Waals surface area contributed by atoms with Gasteiger partial charge in [0.25, 0.3) is 5.91 Å². The number of thiophene rings is 1. The van der Waals surface area contributed by atoms with Crippen LogP contribution in [0, 0.1) is 0 Å². The number of nitrogens with two attached hydrogens (primary N) is 1. The van der Waals surface area contributed by atoms with Crippen LogP contribution in [0.25, 0.3) is 0 Å². The van der Waals surface area contributed by atoms with Gasteiger partial charge in [0, 0.05) is 17.3 Å². The highest BCUT2D eigenvalue weighted by atomic mass is 32.1. The van der Waals surface area contributed by atoms with Gasteiger partial charge in [-0.2, -0.15) is 0 Å². The molecule has 6 heteroatoms. The maximum atomic E-state index is 11.7. The van der Waals surface area contributed by atoms with E-state index >= 15 is 0 Å². The Labute approximate surface area is 96.3 Å². The Balaban J connectivity index is 2.01. The van der Waals surface area contributed by atoms with Crippen LogP contribution in [0.4, 0.5) is 5.82 Å². The van der Waals surface area contributed by atoms with Gasteiger partial charge in [-0.1, -0.05) is 6.07 Å². The van der Waals surface area contributed by atoms with Crippen LogP contribution in [0.1, 0.15) is 15.4 Å². The maximum absolute atomic E-state index is 11.7. The minimum absolute atomic E-state index is 0.145. The van der Waals surface area contributed by atoms with Crippen LogP contribution in [0.15, 0.2) is 29.9 Å². The highest BCUT2D eigenvalue weighted by molar-refractivity contribution is 7.09. The Kier molecular flexibility index (Phi) is 3.11. The third kappa shape index (κ3) is 2.34. The standard InChI is InChI=1S/C10H10N4OS/c11-9-8(12-3-4-13-9)10(15)14-6-7-2-1-5-16-7/h1-5H,6H2,(H2,11,13)(H,14,15). The zero-order valence-corrected chi connectivity index (χ0v) is 9.20. The van der Waals surface area contributed by atoms with Gasteiger partial charge in [0.05, 0.1) is 6.54 Å². The lowest BCUT2D eigenvalue weighted by Crippen LogP contribution is -2.24. The Morgan fingerprint density at radius 1 is 1.44 bits per heavy atom. The van der Waals surface area contributed by atoms with E-state index in [4.69, 9.17) is 5.73 Å². The highest BCUT2D eigenvalue weighted by Crippen LogP contribution is 2.08. The van der Waals surface area contributed by atoms with Crippen LogP contribution in [0.5, 0.6) is 0 Å². The van der Waals surface area contributed by atoms with Crippen molar-refractivity contribution in [2.45, 2.75) is 6.54 Å². The summed E-state index contributed by atoms with van der Waals surface area (Å²) >= 11 is 1.58. The molecule has 1 amide bonds. The summed E-state index contributed by atoms with van der Waals surface area (Å²) in [5.74, 6) is -0.162. The molecule has 0 fully saturated rings. The summed E-state index contributed by atoms with van der Waals surface area (Å²) in [6, 6.07) is 3.88. The average molecular weight is 234 g/mol. The third-order valence-corrected chi connectivity index (χ3v) is 2.82. The molecular formula is C10H10N4OS. The lowest BCUT2D eigenvalue weighted by Gasteiger charge is -2.04. The summed E-state index contributed by atoms with van der Waals surface area (Å²) < 4.78 is 0. The number of amides is 1. The predicted molar refractivity (Wildman–Crippen MR) is 61.9 cm³/mol. The zero-order valence-electron chi connectivity index (χ0n) is 8.38. The van der Waals surface area contributed by atoms with Gasteiger partial charge >= 0.3 is 0 Å². The smallest absolute Gasteiger partial charge is 0.274 e. The van der Waals surface area contributed by atoms with Gasteiger partial charge in [-0.05, 0) is 11.4 Å². The Morgan fingerprint density at radius 3 is 2.94 bits per heavy atom. The molecule has 0 aliphatic heterocycles. The van der Waals surface area contributed by atoms with E-state index in [2.05, 4.69) is 15.3 Å². The van der Waals surface area contributed by atoms with E-state index in [-0.39, 0.29) is 17.4 Å². The predicted octanol–water partition coefficient (Wildman–Crippen LogP) is 1.05. The molecule has 82 valence electrons. The minimum Gasteiger partial charge on any atom is -0.382 e. The number of nitrogens with zero attached hydrogens (tertiary/aromatic N) is 2. The Bertz CT molecular complexity index is 483. The molecule has 0 bridgehead atoms. The first kappa shape index (κ1) is 10.6. The summed E-state index contributed by atoms with van der Waals surface area (Å²) in [4.78, 5) is 20.4. The van der Waals surface area contributed by atoms with Gasteiger partial charge in [0.2, 0.25) is 0 Å². The lowest BCUT2D eigenvalue weighted by molar-refractivity contribution is 0.0947. The molecule has 5 nitrogen and oxygen atoms in total. The quantitative estimate of drug-likeness (QED) is 0.831. The first-order valence-corrected chi connectivity index (χ1v) is 5.52. The SMILES string of the molecule is Nc1nccnc1C(=O)NCc1cccs1. The summed E-state index contributed by atoms with van der Waals surface area (Å²) in [5, 5.41) is 4.69. The van der Waals surface area contributed by atoms with Crippen molar-refractivity contribution in [3.8, 4) is 0 Å². The van der Waals surface area contributed by atoms with Crippen LogP contribution in [0.2, 0.25) is 0 Å². The van der Waals surface area contributed by atoms with Crippen molar-refractivity contribution in [2.24, 2.45) is 0 Å². The van der Waals surface area contributed by atoms with Crippen molar-refractivity contribution in [2.75, 3.05) is 5.73 Å². The van der Waals surface area contributed by atoms with Crippen LogP contribution < -0.4 is 11.1 Å². The van der Waals surface area contributed by atoms with E-state index in [1.54, 1.807) is 11.3 Å². The fourth-order valence-electron chi connectivity index (χ4n) is 1.19. The number of hydrogen-bond donors (Lipinski definition) is 2. The van der Waals surface area contributed by atoms with E-state index in [0.717, 1.165) is 4.88 Å². The van der Waals surface area contributed by atoms with Crippen LogP contribution in [0.3, 0.4) is 0 Å². The first-order chi connectivity index (χ1) is 7.77.